The van der Waals surface area contributed by atoms with Crippen LogP contribution in [0.1, 0.15) is 27.3 Å². The predicted molar refractivity (Wildman–Crippen MR) is 172 cm³/mol. The molecule has 1 aliphatic heterocycles. The third-order valence-electron chi connectivity index (χ3n) is 7.95. The fraction of sp³-hybridized carbons (Fsp3) is 0.250. The van der Waals surface area contributed by atoms with Crippen LogP contribution in [0.5, 0.6) is 0 Å². The maximum atomic E-state index is 13.8. The topological polar surface area (TPSA) is 128 Å². The molecule has 1 unspecified atom stereocenters. The number of alkyl halides is 1. The molecule has 5 aromatic rings. The highest BCUT2D eigenvalue weighted by atomic mass is 35.5. The van der Waals surface area contributed by atoms with E-state index in [0.717, 1.165) is 5.56 Å². The normalized spacial score (nSPS) is 15.2. The van der Waals surface area contributed by atoms with Crippen LogP contribution in [0.4, 0.5) is 10.2 Å². The van der Waals surface area contributed by atoms with Gasteiger partial charge in [-0.15, -0.1) is 11.3 Å². The molecule has 0 bridgehead atoms. The molecule has 1 atom stereocenters. The fourth-order valence-corrected chi connectivity index (χ4v) is 6.70. The zero-order valence-electron chi connectivity index (χ0n) is 24.2. The lowest BCUT2D eigenvalue weighted by atomic mass is 10.00. The number of piperazine rings is 1. The monoisotopic (exact) mass is 641 g/mol. The molecule has 1 saturated heterocycles. The van der Waals surface area contributed by atoms with Crippen LogP contribution in [0.2, 0.25) is 5.02 Å². The zero-order valence-corrected chi connectivity index (χ0v) is 25.8. The average molecular weight is 642 g/mol. The molecule has 0 aliphatic carbocycles. The van der Waals surface area contributed by atoms with Crippen molar-refractivity contribution in [2.24, 2.45) is 0 Å². The molecule has 5 heterocycles. The molecule has 4 aromatic heterocycles. The van der Waals surface area contributed by atoms with Gasteiger partial charge in [0.25, 0.3) is 5.56 Å². The summed E-state index contributed by atoms with van der Waals surface area (Å²) < 4.78 is 15.7. The summed E-state index contributed by atoms with van der Waals surface area (Å²) in [6.07, 6.45) is 3.03. The van der Waals surface area contributed by atoms with Crippen LogP contribution in [0.25, 0.3) is 32.2 Å². The van der Waals surface area contributed by atoms with E-state index in [4.69, 9.17) is 11.6 Å². The van der Waals surface area contributed by atoms with Crippen molar-refractivity contribution in [3.63, 3.8) is 0 Å². The molecule has 1 aliphatic rings. The number of likely N-dealkylation sites (N-methyl/N-ethyl adjacent to an activating group) is 1. The Kier molecular flexibility index (Phi) is 8.21. The van der Waals surface area contributed by atoms with Crippen LogP contribution in [0.15, 0.2) is 46.8 Å². The maximum absolute atomic E-state index is 13.8. The molecular weight excluding hydrogens is 617 g/mol. The maximum Gasteiger partial charge on any atom is 0.338 e. The van der Waals surface area contributed by atoms with E-state index in [1.807, 2.05) is 16.8 Å². The number of aryl methyl sites for hydroxylation is 1. The van der Waals surface area contributed by atoms with Crippen molar-refractivity contribution >= 4 is 55.8 Å². The Labute approximate surface area is 266 Å². The van der Waals surface area contributed by atoms with Gasteiger partial charge in [0.1, 0.15) is 29.9 Å². The van der Waals surface area contributed by atoms with E-state index in [-0.39, 0.29) is 29.1 Å². The summed E-state index contributed by atoms with van der Waals surface area (Å²) in [6.45, 7) is 2.62. The van der Waals surface area contributed by atoms with Crippen LogP contribution in [-0.2, 0) is 6.54 Å². The Hall–Kier alpha value is -4.88. The van der Waals surface area contributed by atoms with Gasteiger partial charge >= 0.3 is 5.97 Å². The fourth-order valence-electron chi connectivity index (χ4n) is 5.50. The van der Waals surface area contributed by atoms with E-state index >= 15 is 0 Å². The number of carboxylic acids is 1. The van der Waals surface area contributed by atoms with E-state index in [0.29, 0.717) is 63.2 Å². The Bertz CT molecular complexity index is 2160. The molecule has 0 amide bonds. The number of halogens is 2. The van der Waals surface area contributed by atoms with Gasteiger partial charge in [0.15, 0.2) is 0 Å². The highest BCUT2D eigenvalue weighted by Gasteiger charge is 2.28. The number of aromatic carboxylic acids is 1. The predicted octanol–water partition coefficient (Wildman–Crippen LogP) is 4.74. The number of benzene rings is 1. The number of hydrogen-bond acceptors (Lipinski definition) is 9. The van der Waals surface area contributed by atoms with Crippen molar-refractivity contribution in [1.29, 1.82) is 5.26 Å². The second kappa shape index (κ2) is 12.3. The number of anilines is 1. The number of pyridine rings is 2. The minimum atomic E-state index is -1.06. The highest BCUT2D eigenvalue weighted by Crippen LogP contribution is 2.36. The SMILES string of the molecule is Cc1nc2cnc(N3CCN(C)C(CF)C3)c(C#N)c2c(=O)n1CC#Cc1ccc(Cl)cc1-c1ccnc2c(C(=O)O)csc12. The molecule has 6 rings (SSSR count). The lowest BCUT2D eigenvalue weighted by molar-refractivity contribution is 0.0699. The second-order valence-corrected chi connectivity index (χ2v) is 11.9. The van der Waals surface area contributed by atoms with Crippen molar-refractivity contribution < 1.29 is 14.3 Å². The average Bonchev–Trinajstić information content (AvgIpc) is 3.48. The number of hydrogen-bond donors (Lipinski definition) is 1. The third kappa shape index (κ3) is 5.49. The summed E-state index contributed by atoms with van der Waals surface area (Å²) in [5.74, 6) is 5.89. The number of nitriles is 1. The van der Waals surface area contributed by atoms with Crippen molar-refractivity contribution in [2.75, 3.05) is 38.3 Å². The van der Waals surface area contributed by atoms with Crippen LogP contribution in [0, 0.1) is 30.1 Å². The first kappa shape index (κ1) is 30.2. The number of fused-ring (bicyclic) bond motifs is 2. The molecule has 45 heavy (non-hydrogen) atoms. The minimum absolute atomic E-state index is 0.00937. The first-order chi connectivity index (χ1) is 21.7. The molecule has 10 nitrogen and oxygen atoms in total. The molecule has 1 aromatic carbocycles. The Morgan fingerprint density at radius 1 is 1.24 bits per heavy atom. The Morgan fingerprint density at radius 2 is 2.07 bits per heavy atom. The summed E-state index contributed by atoms with van der Waals surface area (Å²) in [4.78, 5) is 42.6. The standard InChI is InChI=1S/C32H25ClFN7O3S/c1-18-38-26-15-37-30(40-11-10-39(2)21(13-34)16-40)24(14-35)27(26)31(42)41(18)9-3-4-19-5-6-20(33)12-23(19)22-7-8-36-28-25(32(43)44)17-45-29(22)28/h5-8,12,15,17,21H,9-11,13,16H2,1-2H3,(H,43,44). The molecule has 0 spiro atoms. The molecule has 1 N–H and O–H groups in total. The summed E-state index contributed by atoms with van der Waals surface area (Å²) in [6, 6.07) is 8.83. The summed E-state index contributed by atoms with van der Waals surface area (Å²) >= 11 is 7.63. The van der Waals surface area contributed by atoms with Gasteiger partial charge in [-0.25, -0.2) is 19.2 Å². The smallest absolute Gasteiger partial charge is 0.338 e. The van der Waals surface area contributed by atoms with Crippen LogP contribution < -0.4 is 10.5 Å². The van der Waals surface area contributed by atoms with E-state index < -0.39 is 18.2 Å². The molecule has 226 valence electrons. The van der Waals surface area contributed by atoms with Crippen molar-refractivity contribution in [2.45, 2.75) is 19.5 Å². The van der Waals surface area contributed by atoms with Gasteiger partial charge < -0.3 is 10.0 Å². The van der Waals surface area contributed by atoms with Crippen LogP contribution in [0.3, 0.4) is 0 Å². The highest BCUT2D eigenvalue weighted by molar-refractivity contribution is 7.18. The lowest BCUT2D eigenvalue weighted by Crippen LogP contribution is -2.53. The van der Waals surface area contributed by atoms with Gasteiger partial charge in [-0.05, 0) is 38.2 Å². The quantitative estimate of drug-likeness (QED) is 0.271. The van der Waals surface area contributed by atoms with Gasteiger partial charge in [0, 0.05) is 52.9 Å². The number of aromatic nitrogens is 4. The lowest BCUT2D eigenvalue weighted by Gasteiger charge is -2.39. The number of nitrogens with zero attached hydrogens (tertiary/aromatic N) is 7. The van der Waals surface area contributed by atoms with Gasteiger partial charge in [-0.3, -0.25) is 19.2 Å². The summed E-state index contributed by atoms with van der Waals surface area (Å²) in [7, 11) is 1.86. The molecule has 0 saturated carbocycles. The van der Waals surface area contributed by atoms with E-state index in [2.05, 4.69) is 32.9 Å². The van der Waals surface area contributed by atoms with Crippen molar-refractivity contribution in [3.05, 3.63) is 79.9 Å². The number of thiophene rings is 1. The summed E-state index contributed by atoms with van der Waals surface area (Å²) in [5, 5.41) is 21.9. The van der Waals surface area contributed by atoms with Crippen molar-refractivity contribution in [3.8, 4) is 29.0 Å². The zero-order chi connectivity index (χ0) is 31.8. The first-order valence-electron chi connectivity index (χ1n) is 13.9. The van der Waals surface area contributed by atoms with Gasteiger partial charge in [-0.2, -0.15) is 5.26 Å². The van der Waals surface area contributed by atoms with Gasteiger partial charge in [-0.1, -0.05) is 23.4 Å². The van der Waals surface area contributed by atoms with E-state index in [1.54, 1.807) is 42.8 Å². The minimum Gasteiger partial charge on any atom is -0.478 e. The number of carboxylic acid groups (broad SMARTS) is 1. The number of carbonyl (C=O) groups is 1. The molecular formula is C32H25ClFN7O3S. The van der Waals surface area contributed by atoms with E-state index in [9.17, 15) is 24.3 Å². The second-order valence-electron chi connectivity index (χ2n) is 10.6. The third-order valence-corrected chi connectivity index (χ3v) is 9.19. The number of rotatable bonds is 5. The summed E-state index contributed by atoms with van der Waals surface area (Å²) in [5.41, 5.74) is 2.55. The first-order valence-corrected chi connectivity index (χ1v) is 15.2. The largest absolute Gasteiger partial charge is 0.478 e. The van der Waals surface area contributed by atoms with Crippen LogP contribution >= 0.6 is 22.9 Å². The molecule has 13 heteroatoms. The Morgan fingerprint density at radius 3 is 2.82 bits per heavy atom. The van der Waals surface area contributed by atoms with Gasteiger partial charge in [0.05, 0.1) is 45.5 Å². The van der Waals surface area contributed by atoms with E-state index in [1.165, 1.54) is 22.1 Å². The van der Waals surface area contributed by atoms with Gasteiger partial charge in [0.2, 0.25) is 0 Å². The Balaban J connectivity index is 1.39. The van der Waals surface area contributed by atoms with Crippen LogP contribution in [-0.4, -0.2) is 74.9 Å². The molecule has 0 radical (unpaired) electrons. The molecule has 1 fully saturated rings. The van der Waals surface area contributed by atoms with Crippen molar-refractivity contribution in [1.82, 2.24) is 24.4 Å².